The van der Waals surface area contributed by atoms with E-state index in [-0.39, 0.29) is 5.44 Å². The van der Waals surface area contributed by atoms with Crippen molar-refractivity contribution in [2.24, 2.45) is 11.7 Å². The predicted octanol–water partition coefficient (Wildman–Crippen LogP) is 3.90. The summed E-state index contributed by atoms with van der Waals surface area (Å²) in [4.78, 5) is 0. The van der Waals surface area contributed by atoms with Gasteiger partial charge in [0.25, 0.3) is 0 Å². The molecule has 97 valence electrons. The molecule has 1 radical (unpaired) electrons. The van der Waals surface area contributed by atoms with Crippen LogP contribution in [0.4, 0.5) is 0 Å². The van der Waals surface area contributed by atoms with Gasteiger partial charge in [-0.15, -0.1) is 0 Å². The van der Waals surface area contributed by atoms with Gasteiger partial charge in [0.2, 0.25) is 0 Å². The van der Waals surface area contributed by atoms with Gasteiger partial charge in [-0.05, 0) is 17.8 Å². The summed E-state index contributed by atoms with van der Waals surface area (Å²) in [5.74, 6) is 1.39. The third-order valence-corrected chi connectivity index (χ3v) is 4.34. The van der Waals surface area contributed by atoms with Gasteiger partial charge in [0.15, 0.2) is 0 Å². The van der Waals surface area contributed by atoms with Crippen LogP contribution in [0.5, 0.6) is 0 Å². The Morgan fingerprint density at radius 1 is 1.29 bits per heavy atom. The zero-order valence-electron chi connectivity index (χ0n) is 12.7. The van der Waals surface area contributed by atoms with Crippen LogP contribution in [0.15, 0.2) is 0 Å². The molecule has 0 bridgehead atoms. The summed E-state index contributed by atoms with van der Waals surface area (Å²) in [6.07, 6.45) is 5.10. The van der Waals surface area contributed by atoms with E-state index in [9.17, 15) is 0 Å². The maximum atomic E-state index is 6.40. The Labute approximate surface area is 110 Å². The lowest BCUT2D eigenvalue weighted by Gasteiger charge is -2.31. The third-order valence-electron chi connectivity index (χ3n) is 4.34. The van der Waals surface area contributed by atoms with Gasteiger partial charge >= 0.3 is 0 Å². The first-order chi connectivity index (χ1) is 7.60. The average Bonchev–Trinajstić information content (AvgIpc) is 2.11. The van der Waals surface area contributed by atoms with Crippen molar-refractivity contribution >= 4 is 14.0 Å². The molecule has 0 saturated carbocycles. The molecule has 0 aliphatic carbocycles. The molecule has 1 saturated heterocycles. The van der Waals surface area contributed by atoms with Crippen molar-refractivity contribution in [3.63, 3.8) is 0 Å². The molecule has 1 fully saturated rings. The lowest BCUT2D eigenvalue weighted by Crippen LogP contribution is -2.45. The molecule has 1 nitrogen and oxygen atoms in total. The van der Waals surface area contributed by atoms with Crippen LogP contribution in [0, 0.1) is 5.92 Å². The van der Waals surface area contributed by atoms with Gasteiger partial charge in [-0.25, -0.2) is 0 Å². The standard InChI is InChI=1S/C14H30B2N/c1-11-9-14(6,17)15-12(2)7-8-16(10-11)13(3,4)5/h11-12H,7-10,17H2,1-6H3. The Balaban J connectivity index is 2.77. The molecule has 2 N–H and O–H groups in total. The summed E-state index contributed by atoms with van der Waals surface area (Å²) in [5, 5.41) is 0.434. The van der Waals surface area contributed by atoms with E-state index in [4.69, 9.17) is 5.73 Å². The van der Waals surface area contributed by atoms with Crippen molar-refractivity contribution in [2.75, 3.05) is 0 Å². The van der Waals surface area contributed by atoms with Crippen molar-refractivity contribution in [1.82, 2.24) is 0 Å². The van der Waals surface area contributed by atoms with Gasteiger partial charge in [0.1, 0.15) is 14.0 Å². The van der Waals surface area contributed by atoms with Gasteiger partial charge in [-0.1, -0.05) is 71.7 Å². The monoisotopic (exact) mass is 234 g/mol. The van der Waals surface area contributed by atoms with Crippen LogP contribution in [0.25, 0.3) is 0 Å². The van der Waals surface area contributed by atoms with Crippen LogP contribution in [-0.2, 0) is 0 Å². The zero-order valence-corrected chi connectivity index (χ0v) is 12.7. The van der Waals surface area contributed by atoms with Crippen molar-refractivity contribution in [3.8, 4) is 0 Å². The van der Waals surface area contributed by atoms with E-state index in [2.05, 4.69) is 48.8 Å². The van der Waals surface area contributed by atoms with E-state index >= 15 is 0 Å². The molecular formula is C14H30B2N. The zero-order chi connectivity index (χ0) is 13.3. The molecule has 1 aliphatic heterocycles. The minimum Gasteiger partial charge on any atom is -0.333 e. The van der Waals surface area contributed by atoms with Gasteiger partial charge in [0.05, 0.1) is 0 Å². The normalized spacial score (nSPS) is 36.8. The van der Waals surface area contributed by atoms with Crippen LogP contribution in [0.1, 0.15) is 54.4 Å². The maximum Gasteiger partial charge on any atom is 0.145 e. The molecule has 0 amide bonds. The Bertz CT molecular complexity index is 245. The molecule has 1 heterocycles. The van der Waals surface area contributed by atoms with E-state index in [1.54, 1.807) is 0 Å². The van der Waals surface area contributed by atoms with Crippen molar-refractivity contribution in [3.05, 3.63) is 0 Å². The molecule has 1 aliphatic rings. The van der Waals surface area contributed by atoms with Gasteiger partial charge in [-0.3, -0.25) is 0 Å². The topological polar surface area (TPSA) is 26.0 Å². The molecule has 0 spiro atoms. The number of hydrogen-bond donors (Lipinski definition) is 1. The third kappa shape index (κ3) is 5.07. The summed E-state index contributed by atoms with van der Waals surface area (Å²) in [7, 11) is 2.38. The smallest absolute Gasteiger partial charge is 0.145 e. The number of rotatable bonds is 0. The Kier molecular flexibility index (Phi) is 4.80. The Morgan fingerprint density at radius 3 is 2.41 bits per heavy atom. The Morgan fingerprint density at radius 2 is 1.88 bits per heavy atom. The minimum absolute atomic E-state index is 0.0778. The van der Waals surface area contributed by atoms with Crippen LogP contribution >= 0.6 is 0 Å². The maximum absolute atomic E-state index is 6.40. The van der Waals surface area contributed by atoms with Crippen LogP contribution in [0.2, 0.25) is 23.8 Å². The quantitative estimate of drug-likeness (QED) is 0.632. The first-order valence-corrected chi connectivity index (χ1v) is 7.25. The highest BCUT2D eigenvalue weighted by Gasteiger charge is 2.34. The molecule has 17 heavy (non-hydrogen) atoms. The lowest BCUT2D eigenvalue weighted by atomic mass is 9.30. The van der Waals surface area contributed by atoms with Crippen LogP contribution < -0.4 is 5.73 Å². The molecular weight excluding hydrogens is 204 g/mol. The molecule has 0 aromatic rings. The first kappa shape index (κ1) is 15.1. The van der Waals surface area contributed by atoms with E-state index in [0.29, 0.717) is 11.1 Å². The van der Waals surface area contributed by atoms with E-state index in [1.165, 1.54) is 19.1 Å². The fraction of sp³-hybridized carbons (Fsp3) is 1.00. The van der Waals surface area contributed by atoms with Gasteiger partial charge in [0, 0.05) is 0 Å². The highest BCUT2D eigenvalue weighted by molar-refractivity contribution is 6.62. The summed E-state index contributed by atoms with van der Waals surface area (Å²) in [6.45, 7) is 14.9. The minimum atomic E-state index is -0.0778. The van der Waals surface area contributed by atoms with Gasteiger partial charge < -0.3 is 5.73 Å². The highest BCUT2D eigenvalue weighted by atomic mass is 14.7. The Hall–Kier alpha value is 0.0899. The summed E-state index contributed by atoms with van der Waals surface area (Å²) in [5.41, 5.74) is 6.32. The van der Waals surface area contributed by atoms with Crippen molar-refractivity contribution < 1.29 is 0 Å². The summed E-state index contributed by atoms with van der Waals surface area (Å²) >= 11 is 0. The second-order valence-corrected chi connectivity index (χ2v) is 7.84. The second-order valence-electron chi connectivity index (χ2n) is 7.84. The fourth-order valence-corrected chi connectivity index (χ4v) is 3.49. The molecule has 1 rings (SSSR count). The first-order valence-electron chi connectivity index (χ1n) is 7.25. The molecule has 3 unspecified atom stereocenters. The van der Waals surface area contributed by atoms with Crippen molar-refractivity contribution in [2.45, 2.75) is 83.6 Å². The fourth-order valence-electron chi connectivity index (χ4n) is 3.49. The second kappa shape index (κ2) is 5.38. The number of nitrogens with two attached hydrogens (primary N) is 1. The van der Waals surface area contributed by atoms with E-state index in [1.807, 2.05) is 0 Å². The van der Waals surface area contributed by atoms with Gasteiger partial charge in [-0.2, -0.15) is 0 Å². The predicted molar refractivity (Wildman–Crippen MR) is 81.3 cm³/mol. The molecule has 3 atom stereocenters. The van der Waals surface area contributed by atoms with Crippen molar-refractivity contribution in [1.29, 1.82) is 0 Å². The largest absolute Gasteiger partial charge is 0.333 e. The van der Waals surface area contributed by atoms with E-state index < -0.39 is 0 Å². The lowest BCUT2D eigenvalue weighted by molar-refractivity contribution is 0.467. The summed E-state index contributed by atoms with van der Waals surface area (Å²) < 4.78 is 0. The van der Waals surface area contributed by atoms with E-state index in [0.717, 1.165) is 19.1 Å². The van der Waals surface area contributed by atoms with Crippen LogP contribution in [0.3, 0.4) is 0 Å². The molecule has 0 aromatic carbocycles. The molecule has 3 heteroatoms. The van der Waals surface area contributed by atoms with Crippen LogP contribution in [-0.4, -0.2) is 19.4 Å². The SMILES string of the molecule is CC1[B]C(C)(N)CC(C)CB(C(C)(C)C)CC1. The average molecular weight is 234 g/mol. The summed E-state index contributed by atoms with van der Waals surface area (Å²) in [6, 6.07) is 0. The highest BCUT2D eigenvalue weighted by Crippen LogP contribution is 2.38. The molecule has 0 aromatic heterocycles. The number of hydrogen-bond acceptors (Lipinski definition) is 1.